The maximum atomic E-state index is 13.6. The number of benzene rings is 1. The molecule has 0 radical (unpaired) electrons. The molecule has 2 heterocycles. The van der Waals surface area contributed by atoms with Crippen molar-refractivity contribution in [1.29, 1.82) is 0 Å². The number of hydrogen-bond donors (Lipinski definition) is 1. The highest BCUT2D eigenvalue weighted by Crippen LogP contribution is 2.35. The van der Waals surface area contributed by atoms with Gasteiger partial charge in [0.15, 0.2) is 0 Å². The van der Waals surface area contributed by atoms with E-state index in [1.54, 1.807) is 11.3 Å². The summed E-state index contributed by atoms with van der Waals surface area (Å²) >= 11 is 1.67. The molecule has 6 nitrogen and oxygen atoms in total. The Morgan fingerprint density at radius 2 is 1.72 bits per heavy atom. The summed E-state index contributed by atoms with van der Waals surface area (Å²) in [6, 6.07) is 11.4. The lowest BCUT2D eigenvalue weighted by Gasteiger charge is -2.31. The third-order valence-electron chi connectivity index (χ3n) is 9.48. The first-order valence-electron chi connectivity index (χ1n) is 16.3. The van der Waals surface area contributed by atoms with Gasteiger partial charge in [0.1, 0.15) is 17.5 Å². The van der Waals surface area contributed by atoms with E-state index in [-0.39, 0.29) is 12.0 Å². The number of nitrogens with zero attached hydrogens (tertiary/aromatic N) is 1. The van der Waals surface area contributed by atoms with E-state index in [0.717, 1.165) is 58.2 Å². The molecule has 2 aliphatic rings. The summed E-state index contributed by atoms with van der Waals surface area (Å²) in [6.07, 6.45) is 11.0. The lowest BCUT2D eigenvalue weighted by atomic mass is 9.80. The van der Waals surface area contributed by atoms with Crippen molar-refractivity contribution in [2.75, 3.05) is 7.11 Å². The fraction of sp³-hybridized carbons (Fsp3) is 0.583. The minimum absolute atomic E-state index is 0.249. The number of rotatable bonds is 11. The monoisotopic (exact) mass is 604 g/mol. The maximum Gasteiger partial charge on any atom is 0.328 e. The molecule has 0 bridgehead atoms. The standard InChI is InChI=1S/C36H48N2O4S/c1-22(2)25-10-13-27(14-11-25)42-28-15-12-26-19-32(37-31(30(26)20-28)18-24-8-6-7-9-24)35(39)38-33(36(40)41-5)21-29-16-17-34(43-29)23(3)4/h12,15-17,19-20,22-25,27,33H,6-11,13-14,18,21H2,1-5H3,(H,38,39). The highest BCUT2D eigenvalue weighted by Gasteiger charge is 2.27. The molecular weight excluding hydrogens is 556 g/mol. The first-order valence-corrected chi connectivity index (χ1v) is 17.1. The Morgan fingerprint density at radius 1 is 0.977 bits per heavy atom. The Labute approximate surface area is 261 Å². The fourth-order valence-electron chi connectivity index (χ4n) is 6.78. The predicted octanol–water partition coefficient (Wildman–Crippen LogP) is 8.26. The summed E-state index contributed by atoms with van der Waals surface area (Å²) in [6.45, 7) is 8.95. The first-order chi connectivity index (χ1) is 20.7. The van der Waals surface area contributed by atoms with Crippen LogP contribution in [0, 0.1) is 17.8 Å². The number of carbonyl (C=O) groups is 2. The van der Waals surface area contributed by atoms with Gasteiger partial charge in [-0.3, -0.25) is 4.79 Å². The number of aromatic nitrogens is 1. The molecule has 2 aromatic heterocycles. The highest BCUT2D eigenvalue weighted by molar-refractivity contribution is 7.12. The minimum Gasteiger partial charge on any atom is -0.490 e. The smallest absolute Gasteiger partial charge is 0.328 e. The number of hydrogen-bond acceptors (Lipinski definition) is 6. The first kappa shape index (κ1) is 31.5. The van der Waals surface area contributed by atoms with Gasteiger partial charge in [-0.05, 0) is 91.5 Å². The van der Waals surface area contributed by atoms with Crippen LogP contribution >= 0.6 is 11.3 Å². The van der Waals surface area contributed by atoms with Crippen molar-refractivity contribution in [2.45, 2.75) is 110 Å². The van der Waals surface area contributed by atoms with Crippen LogP contribution in [0.25, 0.3) is 10.8 Å². The summed E-state index contributed by atoms with van der Waals surface area (Å²) < 4.78 is 11.6. The zero-order valence-corrected chi connectivity index (χ0v) is 27.3. The molecule has 1 unspecified atom stereocenters. The molecule has 1 aromatic carbocycles. The van der Waals surface area contributed by atoms with E-state index in [0.29, 0.717) is 24.0 Å². The van der Waals surface area contributed by atoms with Gasteiger partial charge in [-0.25, -0.2) is 9.78 Å². The highest BCUT2D eigenvalue weighted by atomic mass is 32.1. The number of thiophene rings is 1. The van der Waals surface area contributed by atoms with Crippen LogP contribution in [0.5, 0.6) is 5.75 Å². The van der Waals surface area contributed by atoms with Gasteiger partial charge < -0.3 is 14.8 Å². The second-order valence-corrected chi connectivity index (χ2v) is 14.5. The third-order valence-corrected chi connectivity index (χ3v) is 10.9. The summed E-state index contributed by atoms with van der Waals surface area (Å²) in [7, 11) is 1.36. The molecule has 2 saturated carbocycles. The van der Waals surface area contributed by atoms with Crippen molar-refractivity contribution in [1.82, 2.24) is 10.3 Å². The molecule has 2 aliphatic carbocycles. The number of fused-ring (bicyclic) bond motifs is 1. The molecular formula is C36H48N2O4S. The van der Waals surface area contributed by atoms with E-state index in [2.05, 4.69) is 51.2 Å². The summed E-state index contributed by atoms with van der Waals surface area (Å²) in [5.41, 5.74) is 1.28. The van der Waals surface area contributed by atoms with E-state index in [1.165, 1.54) is 50.5 Å². The van der Waals surface area contributed by atoms with Crippen molar-refractivity contribution >= 4 is 34.0 Å². The van der Waals surface area contributed by atoms with Gasteiger partial charge in [0.2, 0.25) is 0 Å². The van der Waals surface area contributed by atoms with Crippen LogP contribution < -0.4 is 10.1 Å². The molecule has 3 aromatic rings. The molecule has 43 heavy (non-hydrogen) atoms. The van der Waals surface area contributed by atoms with Crippen molar-refractivity contribution in [3.8, 4) is 5.75 Å². The number of ether oxygens (including phenoxy) is 2. The number of amides is 1. The molecule has 5 rings (SSSR count). The molecule has 0 aliphatic heterocycles. The number of esters is 1. The van der Waals surface area contributed by atoms with E-state index in [9.17, 15) is 9.59 Å². The predicted molar refractivity (Wildman–Crippen MR) is 174 cm³/mol. The van der Waals surface area contributed by atoms with Gasteiger partial charge in [0, 0.05) is 27.3 Å². The number of nitrogens with one attached hydrogen (secondary N) is 1. The number of carbonyl (C=O) groups excluding carboxylic acids is 2. The van der Waals surface area contributed by atoms with Crippen molar-refractivity contribution in [3.63, 3.8) is 0 Å². The van der Waals surface area contributed by atoms with Gasteiger partial charge >= 0.3 is 5.97 Å². The second kappa shape index (κ2) is 14.2. The number of pyridine rings is 1. The van der Waals surface area contributed by atoms with Gasteiger partial charge in [-0.15, -0.1) is 11.3 Å². The van der Waals surface area contributed by atoms with E-state index in [1.807, 2.05) is 18.2 Å². The van der Waals surface area contributed by atoms with Crippen LogP contribution in [0.15, 0.2) is 36.4 Å². The van der Waals surface area contributed by atoms with E-state index < -0.39 is 12.0 Å². The SMILES string of the molecule is COC(=O)C(Cc1ccc(C(C)C)s1)NC(=O)c1cc2ccc(OC3CCC(C(C)C)CC3)cc2c(CC2CCCC2)n1. The van der Waals surface area contributed by atoms with Gasteiger partial charge in [0.05, 0.1) is 13.2 Å². The second-order valence-electron chi connectivity index (χ2n) is 13.3. The molecule has 1 N–H and O–H groups in total. The zero-order valence-electron chi connectivity index (χ0n) is 26.5. The lowest BCUT2D eigenvalue weighted by Crippen LogP contribution is -2.43. The Hall–Kier alpha value is -2.93. The lowest BCUT2D eigenvalue weighted by molar-refractivity contribution is -0.142. The summed E-state index contributed by atoms with van der Waals surface area (Å²) in [5.74, 6) is 2.59. The fourth-order valence-corrected chi connectivity index (χ4v) is 7.84. The normalized spacial score (nSPS) is 20.1. The Balaban J connectivity index is 1.37. The Morgan fingerprint density at radius 3 is 2.37 bits per heavy atom. The molecule has 2 fully saturated rings. The van der Waals surface area contributed by atoms with Gasteiger partial charge in [-0.1, -0.05) is 59.4 Å². The largest absolute Gasteiger partial charge is 0.490 e. The van der Waals surface area contributed by atoms with E-state index >= 15 is 0 Å². The molecule has 0 saturated heterocycles. The molecule has 0 spiro atoms. The minimum atomic E-state index is -0.784. The molecule has 232 valence electrons. The molecule has 1 atom stereocenters. The quantitative estimate of drug-likeness (QED) is 0.223. The molecule has 1 amide bonds. The third kappa shape index (κ3) is 7.97. The van der Waals surface area contributed by atoms with Crippen molar-refractivity contribution in [3.05, 3.63) is 57.5 Å². The Bertz CT molecular complexity index is 1400. The average Bonchev–Trinajstić information content (AvgIpc) is 3.69. The van der Waals surface area contributed by atoms with Crippen LogP contribution in [-0.4, -0.2) is 36.1 Å². The average molecular weight is 605 g/mol. The summed E-state index contributed by atoms with van der Waals surface area (Å²) in [4.78, 5) is 33.6. The van der Waals surface area contributed by atoms with Gasteiger partial charge in [-0.2, -0.15) is 0 Å². The van der Waals surface area contributed by atoms with Crippen LogP contribution in [0.3, 0.4) is 0 Å². The maximum absolute atomic E-state index is 13.6. The van der Waals surface area contributed by atoms with Crippen molar-refractivity contribution < 1.29 is 19.1 Å². The van der Waals surface area contributed by atoms with Crippen LogP contribution in [0.4, 0.5) is 0 Å². The number of methoxy groups -OCH3 is 1. The summed E-state index contributed by atoms with van der Waals surface area (Å²) in [5, 5.41) is 4.97. The van der Waals surface area contributed by atoms with Gasteiger partial charge in [0.25, 0.3) is 5.91 Å². The van der Waals surface area contributed by atoms with E-state index in [4.69, 9.17) is 14.5 Å². The topological polar surface area (TPSA) is 77.5 Å². The van der Waals surface area contributed by atoms with Crippen LogP contribution in [0.2, 0.25) is 0 Å². The van der Waals surface area contributed by atoms with Crippen molar-refractivity contribution in [2.24, 2.45) is 17.8 Å². The Kier molecular flexibility index (Phi) is 10.4. The zero-order chi connectivity index (χ0) is 30.5. The molecule has 7 heteroatoms. The van der Waals surface area contributed by atoms with Crippen LogP contribution in [0.1, 0.15) is 111 Å². The van der Waals surface area contributed by atoms with Crippen LogP contribution in [-0.2, 0) is 22.4 Å².